The van der Waals surface area contributed by atoms with E-state index in [0.29, 0.717) is 13.0 Å². The second kappa shape index (κ2) is 7.38. The van der Waals surface area contributed by atoms with Crippen molar-refractivity contribution >= 4 is 11.6 Å². The molecule has 1 atom stereocenters. The molecule has 0 unspecified atom stereocenters. The summed E-state index contributed by atoms with van der Waals surface area (Å²) in [6.45, 7) is 7.13. The van der Waals surface area contributed by atoms with Gasteiger partial charge in [-0.3, -0.25) is 4.79 Å². The number of amides is 1. The SMILES string of the molecule is CCCN(C[C@@H]1CC(c2ccc(F)cc2)=NO1)C(=O)C(C)C. The smallest absolute Gasteiger partial charge is 0.225 e. The lowest BCUT2D eigenvalue weighted by atomic mass is 10.0. The average molecular weight is 306 g/mol. The van der Waals surface area contributed by atoms with Gasteiger partial charge in [-0.2, -0.15) is 0 Å². The molecule has 5 heteroatoms. The monoisotopic (exact) mass is 306 g/mol. The standard InChI is InChI=1S/C17H23FN2O2/c1-4-9-20(17(21)12(2)3)11-15-10-16(19-22-15)13-5-7-14(18)8-6-13/h5-8,12,15H,4,9-11H2,1-3H3/t15-/m0/s1. The average Bonchev–Trinajstić information content (AvgIpc) is 2.95. The normalized spacial score (nSPS) is 17.3. The second-order valence-corrected chi connectivity index (χ2v) is 5.92. The van der Waals surface area contributed by atoms with E-state index in [4.69, 9.17) is 4.84 Å². The Balaban J connectivity index is 1.96. The van der Waals surface area contributed by atoms with Gasteiger partial charge >= 0.3 is 0 Å². The molecule has 4 nitrogen and oxygen atoms in total. The third-order valence-corrected chi connectivity index (χ3v) is 3.63. The Bertz CT molecular complexity index is 540. The molecule has 1 aromatic rings. The first kappa shape index (κ1) is 16.5. The van der Waals surface area contributed by atoms with Crippen molar-refractivity contribution in [3.05, 3.63) is 35.6 Å². The van der Waals surface area contributed by atoms with Crippen molar-refractivity contribution in [2.75, 3.05) is 13.1 Å². The molecular weight excluding hydrogens is 283 g/mol. The number of benzene rings is 1. The zero-order chi connectivity index (χ0) is 16.1. The van der Waals surface area contributed by atoms with Crippen molar-refractivity contribution in [3.63, 3.8) is 0 Å². The summed E-state index contributed by atoms with van der Waals surface area (Å²) < 4.78 is 13.0. The predicted molar refractivity (Wildman–Crippen MR) is 84.1 cm³/mol. The molecule has 0 radical (unpaired) electrons. The molecule has 0 N–H and O–H groups in total. The fourth-order valence-electron chi connectivity index (χ4n) is 2.51. The molecule has 2 rings (SSSR count). The molecule has 0 aliphatic carbocycles. The van der Waals surface area contributed by atoms with E-state index in [1.54, 1.807) is 12.1 Å². The molecule has 0 saturated carbocycles. The van der Waals surface area contributed by atoms with Crippen LogP contribution in [0.3, 0.4) is 0 Å². The molecular formula is C17H23FN2O2. The van der Waals surface area contributed by atoms with Crippen molar-refractivity contribution in [1.82, 2.24) is 4.90 Å². The maximum Gasteiger partial charge on any atom is 0.225 e. The third-order valence-electron chi connectivity index (χ3n) is 3.63. The summed E-state index contributed by atoms with van der Waals surface area (Å²) >= 11 is 0. The number of hydrogen-bond acceptors (Lipinski definition) is 3. The number of nitrogens with zero attached hydrogens (tertiary/aromatic N) is 2. The number of rotatable bonds is 6. The van der Waals surface area contributed by atoms with Gasteiger partial charge in [0.05, 0.1) is 12.3 Å². The van der Waals surface area contributed by atoms with Gasteiger partial charge in [0.2, 0.25) is 5.91 Å². The summed E-state index contributed by atoms with van der Waals surface area (Å²) in [7, 11) is 0. The van der Waals surface area contributed by atoms with Crippen molar-refractivity contribution in [3.8, 4) is 0 Å². The quantitative estimate of drug-likeness (QED) is 0.810. The third kappa shape index (κ3) is 4.06. The number of hydrogen-bond donors (Lipinski definition) is 0. The van der Waals surface area contributed by atoms with Crippen LogP contribution < -0.4 is 0 Å². The molecule has 0 aromatic heterocycles. The van der Waals surface area contributed by atoms with E-state index in [1.165, 1.54) is 12.1 Å². The molecule has 1 aromatic carbocycles. The first-order valence-corrected chi connectivity index (χ1v) is 7.78. The van der Waals surface area contributed by atoms with Crippen molar-refractivity contribution in [2.45, 2.75) is 39.7 Å². The van der Waals surface area contributed by atoms with E-state index in [-0.39, 0.29) is 23.7 Å². The molecule has 120 valence electrons. The minimum Gasteiger partial charge on any atom is -0.390 e. The number of oxime groups is 1. The van der Waals surface area contributed by atoms with Crippen LogP contribution in [-0.2, 0) is 9.63 Å². The molecule has 1 aliphatic rings. The fraction of sp³-hybridized carbons (Fsp3) is 0.529. The highest BCUT2D eigenvalue weighted by Crippen LogP contribution is 2.19. The van der Waals surface area contributed by atoms with E-state index in [0.717, 1.165) is 24.2 Å². The minimum absolute atomic E-state index is 0.0227. The van der Waals surface area contributed by atoms with Gasteiger partial charge in [0.1, 0.15) is 5.82 Å². The topological polar surface area (TPSA) is 41.9 Å². The molecule has 0 bridgehead atoms. The summed E-state index contributed by atoms with van der Waals surface area (Å²) in [6.07, 6.45) is 1.42. The van der Waals surface area contributed by atoms with Crippen molar-refractivity contribution in [2.24, 2.45) is 11.1 Å². The Kier molecular flexibility index (Phi) is 5.52. The molecule has 1 amide bonds. The summed E-state index contributed by atoms with van der Waals surface area (Å²) in [5.41, 5.74) is 1.67. The zero-order valence-corrected chi connectivity index (χ0v) is 13.4. The van der Waals surface area contributed by atoms with Crippen LogP contribution in [0, 0.1) is 11.7 Å². The summed E-state index contributed by atoms with van der Waals surface area (Å²) in [6, 6.07) is 6.22. The number of carbonyl (C=O) groups excluding carboxylic acids is 1. The van der Waals surface area contributed by atoms with Gasteiger partial charge < -0.3 is 9.74 Å². The van der Waals surface area contributed by atoms with Crippen LogP contribution >= 0.6 is 0 Å². The molecule has 22 heavy (non-hydrogen) atoms. The Morgan fingerprint density at radius 3 is 2.68 bits per heavy atom. The second-order valence-electron chi connectivity index (χ2n) is 5.92. The first-order chi connectivity index (χ1) is 10.5. The van der Waals surface area contributed by atoms with Crippen LogP contribution in [-0.4, -0.2) is 35.7 Å². The number of halogens is 1. The van der Waals surface area contributed by atoms with Gasteiger partial charge in [-0.15, -0.1) is 0 Å². The lowest BCUT2D eigenvalue weighted by molar-refractivity contribution is -0.136. The highest BCUT2D eigenvalue weighted by atomic mass is 19.1. The number of carbonyl (C=O) groups is 1. The summed E-state index contributed by atoms with van der Waals surface area (Å²) in [5.74, 6) is -0.150. The van der Waals surface area contributed by atoms with Crippen LogP contribution in [0.25, 0.3) is 0 Å². The Morgan fingerprint density at radius 2 is 2.09 bits per heavy atom. The van der Waals surface area contributed by atoms with Gasteiger partial charge in [0, 0.05) is 18.9 Å². The fourth-order valence-corrected chi connectivity index (χ4v) is 2.51. The maximum atomic E-state index is 13.0. The summed E-state index contributed by atoms with van der Waals surface area (Å²) in [5, 5.41) is 4.09. The Hall–Kier alpha value is -1.91. The highest BCUT2D eigenvalue weighted by molar-refractivity contribution is 6.01. The Labute approximate surface area is 130 Å². The van der Waals surface area contributed by atoms with E-state index in [1.807, 2.05) is 18.7 Å². The van der Waals surface area contributed by atoms with E-state index >= 15 is 0 Å². The minimum atomic E-state index is -0.267. The van der Waals surface area contributed by atoms with Crippen molar-refractivity contribution in [1.29, 1.82) is 0 Å². The maximum absolute atomic E-state index is 13.0. The molecule has 0 saturated heterocycles. The van der Waals surface area contributed by atoms with Gasteiger partial charge in [-0.1, -0.05) is 38.1 Å². The molecule has 0 fully saturated rings. The van der Waals surface area contributed by atoms with Gasteiger partial charge in [0.25, 0.3) is 0 Å². The zero-order valence-electron chi connectivity index (χ0n) is 13.4. The predicted octanol–water partition coefficient (Wildman–Crippen LogP) is 3.21. The van der Waals surface area contributed by atoms with Gasteiger partial charge in [0.15, 0.2) is 6.10 Å². The van der Waals surface area contributed by atoms with Crippen molar-refractivity contribution < 1.29 is 14.0 Å². The molecule has 0 spiro atoms. The van der Waals surface area contributed by atoms with Crippen LogP contribution in [0.2, 0.25) is 0 Å². The lowest BCUT2D eigenvalue weighted by Gasteiger charge is -2.26. The van der Waals surface area contributed by atoms with Crippen LogP contribution in [0.1, 0.15) is 39.2 Å². The van der Waals surface area contributed by atoms with E-state index in [2.05, 4.69) is 12.1 Å². The van der Waals surface area contributed by atoms with E-state index < -0.39 is 0 Å². The van der Waals surface area contributed by atoms with Crippen LogP contribution in [0.15, 0.2) is 29.4 Å². The van der Waals surface area contributed by atoms with Gasteiger partial charge in [-0.25, -0.2) is 4.39 Å². The summed E-state index contributed by atoms with van der Waals surface area (Å²) in [4.78, 5) is 19.5. The Morgan fingerprint density at radius 1 is 1.41 bits per heavy atom. The van der Waals surface area contributed by atoms with Crippen LogP contribution in [0.4, 0.5) is 4.39 Å². The van der Waals surface area contributed by atoms with E-state index in [9.17, 15) is 9.18 Å². The van der Waals surface area contributed by atoms with Crippen LogP contribution in [0.5, 0.6) is 0 Å². The molecule has 1 heterocycles. The largest absolute Gasteiger partial charge is 0.390 e. The lowest BCUT2D eigenvalue weighted by Crippen LogP contribution is -2.40. The first-order valence-electron chi connectivity index (χ1n) is 7.78. The highest BCUT2D eigenvalue weighted by Gasteiger charge is 2.27. The molecule has 1 aliphatic heterocycles. The van der Waals surface area contributed by atoms with Gasteiger partial charge in [-0.05, 0) is 24.1 Å².